The molecular formula is C15H18N2O3S. The largest absolute Gasteiger partial charge is 0.497 e. The quantitative estimate of drug-likeness (QED) is 0.880. The molecule has 2 aromatic rings. The fourth-order valence-corrected chi connectivity index (χ4v) is 3.62. The van der Waals surface area contributed by atoms with E-state index in [-0.39, 0.29) is 10.6 Å². The molecule has 0 aliphatic heterocycles. The molecule has 0 aliphatic carbocycles. The van der Waals surface area contributed by atoms with Gasteiger partial charge in [0.1, 0.15) is 10.6 Å². The van der Waals surface area contributed by atoms with Gasteiger partial charge in [0, 0.05) is 13.1 Å². The molecule has 0 aromatic heterocycles. The van der Waals surface area contributed by atoms with Gasteiger partial charge < -0.3 is 10.5 Å². The molecule has 0 atom stereocenters. The summed E-state index contributed by atoms with van der Waals surface area (Å²) in [5.74, 6) is 0.590. The van der Waals surface area contributed by atoms with Crippen LogP contribution in [0.1, 0.15) is 5.56 Å². The average Bonchev–Trinajstić information content (AvgIpc) is 2.46. The molecule has 112 valence electrons. The van der Waals surface area contributed by atoms with Gasteiger partial charge in [0.05, 0.1) is 18.5 Å². The summed E-state index contributed by atoms with van der Waals surface area (Å²) in [6.07, 6.45) is 0. The molecule has 0 unspecified atom stereocenters. The third-order valence-corrected chi connectivity index (χ3v) is 5.28. The predicted octanol–water partition coefficient (Wildman–Crippen LogP) is 2.41. The number of rotatable bonds is 4. The highest BCUT2D eigenvalue weighted by atomic mass is 32.2. The van der Waals surface area contributed by atoms with Crippen LogP contribution < -0.4 is 14.8 Å². The lowest BCUT2D eigenvalue weighted by atomic mass is 10.2. The SMILES string of the molecule is COc1cccc(N(C)S(=O)(=O)c2c(C)cccc2N)c1. The number of aryl methyl sites for hydroxylation is 1. The lowest BCUT2D eigenvalue weighted by Crippen LogP contribution is -2.28. The summed E-state index contributed by atoms with van der Waals surface area (Å²) in [4.78, 5) is 0.135. The van der Waals surface area contributed by atoms with Gasteiger partial charge in [0.25, 0.3) is 10.0 Å². The molecular weight excluding hydrogens is 288 g/mol. The fraction of sp³-hybridized carbons (Fsp3) is 0.200. The summed E-state index contributed by atoms with van der Waals surface area (Å²) in [5, 5.41) is 0. The standard InChI is InChI=1S/C15H18N2O3S/c1-11-6-4-9-14(16)15(11)21(18,19)17(2)12-7-5-8-13(10-12)20-3/h4-10H,16H2,1-3H3. The molecule has 6 heteroatoms. The number of nitrogens with zero attached hydrogens (tertiary/aromatic N) is 1. The highest BCUT2D eigenvalue weighted by molar-refractivity contribution is 7.93. The zero-order chi connectivity index (χ0) is 15.6. The monoisotopic (exact) mass is 306 g/mol. The topological polar surface area (TPSA) is 72.6 Å². The third-order valence-electron chi connectivity index (χ3n) is 3.28. The number of methoxy groups -OCH3 is 1. The molecule has 5 nitrogen and oxygen atoms in total. The van der Waals surface area contributed by atoms with E-state index in [0.717, 1.165) is 0 Å². The highest BCUT2D eigenvalue weighted by Crippen LogP contribution is 2.29. The number of benzene rings is 2. The van der Waals surface area contributed by atoms with E-state index in [1.807, 2.05) is 0 Å². The van der Waals surface area contributed by atoms with Gasteiger partial charge in [-0.2, -0.15) is 0 Å². The van der Waals surface area contributed by atoms with Gasteiger partial charge in [-0.1, -0.05) is 18.2 Å². The first-order chi connectivity index (χ1) is 9.87. The van der Waals surface area contributed by atoms with Crippen molar-refractivity contribution in [3.05, 3.63) is 48.0 Å². The van der Waals surface area contributed by atoms with Crippen molar-refractivity contribution >= 4 is 21.4 Å². The van der Waals surface area contributed by atoms with Crippen molar-refractivity contribution in [1.29, 1.82) is 0 Å². The first-order valence-corrected chi connectivity index (χ1v) is 7.80. The van der Waals surface area contributed by atoms with Crippen LogP contribution in [0.4, 0.5) is 11.4 Å². The lowest BCUT2D eigenvalue weighted by Gasteiger charge is -2.22. The average molecular weight is 306 g/mol. The minimum absolute atomic E-state index is 0.135. The van der Waals surface area contributed by atoms with Crippen LogP contribution in [0.3, 0.4) is 0 Å². The van der Waals surface area contributed by atoms with Gasteiger partial charge in [-0.25, -0.2) is 8.42 Å². The normalized spacial score (nSPS) is 11.2. The molecule has 0 amide bonds. The second-order valence-electron chi connectivity index (χ2n) is 4.67. The predicted molar refractivity (Wildman–Crippen MR) is 84.2 cm³/mol. The van der Waals surface area contributed by atoms with E-state index < -0.39 is 10.0 Å². The van der Waals surface area contributed by atoms with Crippen LogP contribution in [-0.2, 0) is 10.0 Å². The van der Waals surface area contributed by atoms with Crippen molar-refractivity contribution in [3.8, 4) is 5.75 Å². The summed E-state index contributed by atoms with van der Waals surface area (Å²) < 4.78 is 31.9. The molecule has 0 aliphatic rings. The van der Waals surface area contributed by atoms with E-state index in [2.05, 4.69) is 0 Å². The van der Waals surface area contributed by atoms with E-state index in [0.29, 0.717) is 17.0 Å². The summed E-state index contributed by atoms with van der Waals surface area (Å²) in [6.45, 7) is 1.72. The Morgan fingerprint density at radius 3 is 2.43 bits per heavy atom. The van der Waals surface area contributed by atoms with Gasteiger partial charge in [0.2, 0.25) is 0 Å². The maximum absolute atomic E-state index is 12.8. The van der Waals surface area contributed by atoms with E-state index in [1.54, 1.807) is 49.4 Å². The van der Waals surface area contributed by atoms with Crippen LogP contribution in [0, 0.1) is 6.92 Å². The Kier molecular flexibility index (Phi) is 4.09. The number of nitrogen functional groups attached to an aromatic ring is 1. The van der Waals surface area contributed by atoms with E-state index in [9.17, 15) is 8.42 Å². The minimum atomic E-state index is -3.73. The molecule has 0 spiro atoms. The fourth-order valence-electron chi connectivity index (χ4n) is 2.11. The Labute approximate surface area is 125 Å². The summed E-state index contributed by atoms with van der Waals surface area (Å²) in [7, 11) is -0.695. The van der Waals surface area contributed by atoms with Crippen LogP contribution in [0.5, 0.6) is 5.75 Å². The van der Waals surface area contributed by atoms with Crippen molar-refractivity contribution in [3.63, 3.8) is 0 Å². The number of nitrogens with two attached hydrogens (primary N) is 1. The van der Waals surface area contributed by atoms with Crippen LogP contribution >= 0.6 is 0 Å². The second kappa shape index (κ2) is 5.65. The van der Waals surface area contributed by atoms with E-state index >= 15 is 0 Å². The smallest absolute Gasteiger partial charge is 0.266 e. The molecule has 0 radical (unpaired) electrons. The molecule has 2 N–H and O–H groups in total. The molecule has 0 saturated carbocycles. The van der Waals surface area contributed by atoms with Crippen molar-refractivity contribution in [2.24, 2.45) is 0 Å². The number of hydrogen-bond acceptors (Lipinski definition) is 4. The zero-order valence-electron chi connectivity index (χ0n) is 12.2. The van der Waals surface area contributed by atoms with Crippen LogP contribution in [0.2, 0.25) is 0 Å². The molecule has 0 saturated heterocycles. The first kappa shape index (κ1) is 15.2. The van der Waals surface area contributed by atoms with Crippen molar-refractivity contribution in [2.75, 3.05) is 24.2 Å². The van der Waals surface area contributed by atoms with E-state index in [4.69, 9.17) is 10.5 Å². The Bertz CT molecular complexity index is 737. The number of ether oxygens (including phenoxy) is 1. The zero-order valence-corrected chi connectivity index (χ0v) is 13.0. The molecule has 21 heavy (non-hydrogen) atoms. The molecule has 0 heterocycles. The van der Waals surface area contributed by atoms with Gasteiger partial charge in [-0.3, -0.25) is 4.31 Å². The number of hydrogen-bond donors (Lipinski definition) is 1. The van der Waals surface area contributed by atoms with Crippen molar-refractivity contribution in [1.82, 2.24) is 0 Å². The minimum Gasteiger partial charge on any atom is -0.497 e. The van der Waals surface area contributed by atoms with Gasteiger partial charge in [-0.15, -0.1) is 0 Å². The Morgan fingerprint density at radius 2 is 1.81 bits per heavy atom. The lowest BCUT2D eigenvalue weighted by molar-refractivity contribution is 0.415. The number of anilines is 2. The summed E-state index contributed by atoms with van der Waals surface area (Å²) >= 11 is 0. The van der Waals surface area contributed by atoms with Crippen LogP contribution in [0.25, 0.3) is 0 Å². The van der Waals surface area contributed by atoms with Gasteiger partial charge in [-0.05, 0) is 30.7 Å². The Morgan fingerprint density at radius 1 is 1.14 bits per heavy atom. The highest BCUT2D eigenvalue weighted by Gasteiger charge is 2.25. The molecule has 0 fully saturated rings. The maximum atomic E-state index is 12.8. The summed E-state index contributed by atoms with van der Waals surface area (Å²) in [5.41, 5.74) is 7.22. The third kappa shape index (κ3) is 2.80. The van der Waals surface area contributed by atoms with Gasteiger partial charge >= 0.3 is 0 Å². The van der Waals surface area contributed by atoms with Gasteiger partial charge in [0.15, 0.2) is 0 Å². The van der Waals surface area contributed by atoms with Crippen molar-refractivity contribution in [2.45, 2.75) is 11.8 Å². The Balaban J connectivity index is 2.53. The van der Waals surface area contributed by atoms with Crippen LogP contribution in [-0.4, -0.2) is 22.6 Å². The van der Waals surface area contributed by atoms with Crippen molar-refractivity contribution < 1.29 is 13.2 Å². The van der Waals surface area contributed by atoms with E-state index in [1.165, 1.54) is 18.5 Å². The first-order valence-electron chi connectivity index (χ1n) is 6.36. The molecule has 2 rings (SSSR count). The molecule has 2 aromatic carbocycles. The number of sulfonamides is 1. The molecule has 0 bridgehead atoms. The maximum Gasteiger partial charge on any atom is 0.266 e. The van der Waals surface area contributed by atoms with Crippen LogP contribution in [0.15, 0.2) is 47.4 Å². The Hall–Kier alpha value is -2.21. The summed E-state index contributed by atoms with van der Waals surface area (Å²) in [6, 6.07) is 11.9. The second-order valence-corrected chi connectivity index (χ2v) is 6.57.